The standard InChI is InChI=1S/C18H27N7O3/c1-5-28-18(27)22-15(12(2)3)16(26)24-8-6-23(7-9-24)14-10-13(4)21-17-19-11-20-25(14)17/h10-12,15H,5-9H2,1-4H3,(H,22,27). The lowest BCUT2D eigenvalue weighted by molar-refractivity contribution is -0.134. The molecule has 0 spiro atoms. The number of alkyl carbamates (subject to hydrolysis) is 1. The van der Waals surface area contributed by atoms with E-state index in [9.17, 15) is 9.59 Å². The van der Waals surface area contributed by atoms with E-state index in [4.69, 9.17) is 4.74 Å². The van der Waals surface area contributed by atoms with Crippen LogP contribution in [0.4, 0.5) is 10.6 Å². The molecule has 1 unspecified atom stereocenters. The summed E-state index contributed by atoms with van der Waals surface area (Å²) in [6.07, 6.45) is 0.924. The molecule has 0 aromatic carbocycles. The molecule has 1 N–H and O–H groups in total. The van der Waals surface area contributed by atoms with Gasteiger partial charge in [-0.3, -0.25) is 4.79 Å². The highest BCUT2D eigenvalue weighted by atomic mass is 16.5. The van der Waals surface area contributed by atoms with E-state index in [0.717, 1.165) is 11.5 Å². The number of carbonyl (C=O) groups excluding carboxylic acids is 2. The van der Waals surface area contributed by atoms with Gasteiger partial charge >= 0.3 is 6.09 Å². The van der Waals surface area contributed by atoms with Gasteiger partial charge < -0.3 is 19.9 Å². The number of hydrogen-bond acceptors (Lipinski definition) is 7. The van der Waals surface area contributed by atoms with Crippen LogP contribution in [-0.4, -0.2) is 75.3 Å². The first-order valence-electron chi connectivity index (χ1n) is 9.55. The number of nitrogens with zero attached hydrogens (tertiary/aromatic N) is 6. The second-order valence-electron chi connectivity index (χ2n) is 7.13. The van der Waals surface area contributed by atoms with Crippen LogP contribution in [0.3, 0.4) is 0 Å². The average Bonchev–Trinajstić information content (AvgIpc) is 3.13. The summed E-state index contributed by atoms with van der Waals surface area (Å²) in [5.74, 6) is 1.36. The van der Waals surface area contributed by atoms with E-state index in [-0.39, 0.29) is 18.4 Å². The predicted molar refractivity (Wildman–Crippen MR) is 103 cm³/mol. The molecule has 152 valence electrons. The fourth-order valence-electron chi connectivity index (χ4n) is 3.30. The fraction of sp³-hybridized carbons (Fsp3) is 0.611. The number of nitrogens with one attached hydrogen (secondary N) is 1. The van der Waals surface area contributed by atoms with Crippen molar-refractivity contribution in [2.24, 2.45) is 5.92 Å². The Bertz CT molecular complexity index is 843. The Morgan fingerprint density at radius 3 is 2.61 bits per heavy atom. The van der Waals surface area contributed by atoms with Crippen LogP contribution in [0.25, 0.3) is 5.78 Å². The number of amides is 2. The number of fused-ring (bicyclic) bond motifs is 1. The average molecular weight is 389 g/mol. The summed E-state index contributed by atoms with van der Waals surface area (Å²) in [7, 11) is 0. The van der Waals surface area contributed by atoms with Crippen LogP contribution in [0, 0.1) is 12.8 Å². The number of aryl methyl sites for hydroxylation is 1. The minimum Gasteiger partial charge on any atom is -0.450 e. The predicted octanol–water partition coefficient (Wildman–Crippen LogP) is 0.852. The molecule has 0 radical (unpaired) electrons. The minimum absolute atomic E-state index is 0.0347. The lowest BCUT2D eigenvalue weighted by Gasteiger charge is -2.38. The lowest BCUT2D eigenvalue weighted by Crippen LogP contribution is -2.56. The summed E-state index contributed by atoms with van der Waals surface area (Å²) in [5.41, 5.74) is 0.868. The van der Waals surface area contributed by atoms with E-state index in [1.165, 1.54) is 6.33 Å². The molecule has 1 aliphatic rings. The van der Waals surface area contributed by atoms with Crippen molar-refractivity contribution in [3.63, 3.8) is 0 Å². The molecular formula is C18H27N7O3. The van der Waals surface area contributed by atoms with E-state index < -0.39 is 12.1 Å². The second kappa shape index (κ2) is 8.41. The van der Waals surface area contributed by atoms with E-state index >= 15 is 0 Å². The molecule has 1 saturated heterocycles. The Morgan fingerprint density at radius 2 is 1.96 bits per heavy atom. The van der Waals surface area contributed by atoms with Gasteiger partial charge in [0.1, 0.15) is 18.2 Å². The molecule has 3 rings (SSSR count). The number of aromatic nitrogens is 4. The molecular weight excluding hydrogens is 362 g/mol. The SMILES string of the molecule is CCOC(=O)NC(C(=O)N1CCN(c2cc(C)nc3ncnn23)CC1)C(C)C. The van der Waals surface area contributed by atoms with Gasteiger partial charge in [-0.25, -0.2) is 9.78 Å². The van der Waals surface area contributed by atoms with Gasteiger partial charge in [0.15, 0.2) is 0 Å². The molecule has 1 atom stereocenters. The number of carbonyl (C=O) groups is 2. The van der Waals surface area contributed by atoms with Crippen molar-refractivity contribution in [3.8, 4) is 0 Å². The molecule has 2 aromatic rings. The quantitative estimate of drug-likeness (QED) is 0.808. The van der Waals surface area contributed by atoms with E-state index in [1.54, 1.807) is 16.3 Å². The Hall–Kier alpha value is -2.91. The summed E-state index contributed by atoms with van der Waals surface area (Å²) in [4.78, 5) is 37.2. The van der Waals surface area contributed by atoms with Gasteiger partial charge in [0.25, 0.3) is 5.78 Å². The highest BCUT2D eigenvalue weighted by Crippen LogP contribution is 2.19. The third-order valence-corrected chi connectivity index (χ3v) is 4.76. The van der Waals surface area contributed by atoms with Crippen LogP contribution in [-0.2, 0) is 9.53 Å². The maximum Gasteiger partial charge on any atom is 0.407 e. The van der Waals surface area contributed by atoms with Crippen LogP contribution in [0.2, 0.25) is 0 Å². The monoisotopic (exact) mass is 389 g/mol. The molecule has 0 bridgehead atoms. The Labute approximate surface area is 163 Å². The molecule has 0 aliphatic carbocycles. The minimum atomic E-state index is -0.601. The zero-order chi connectivity index (χ0) is 20.3. The van der Waals surface area contributed by atoms with Crippen molar-refractivity contribution in [2.75, 3.05) is 37.7 Å². The smallest absolute Gasteiger partial charge is 0.407 e. The molecule has 0 saturated carbocycles. The highest BCUT2D eigenvalue weighted by molar-refractivity contribution is 5.86. The molecule has 2 aromatic heterocycles. The van der Waals surface area contributed by atoms with Gasteiger partial charge in [-0.2, -0.15) is 14.6 Å². The van der Waals surface area contributed by atoms with Crippen molar-refractivity contribution < 1.29 is 14.3 Å². The molecule has 10 heteroatoms. The van der Waals surface area contributed by atoms with E-state index in [0.29, 0.717) is 32.0 Å². The van der Waals surface area contributed by atoms with Crippen molar-refractivity contribution in [1.29, 1.82) is 0 Å². The first-order chi connectivity index (χ1) is 13.4. The molecule has 2 amide bonds. The number of rotatable bonds is 5. The molecule has 3 heterocycles. The van der Waals surface area contributed by atoms with Crippen LogP contribution >= 0.6 is 0 Å². The molecule has 10 nitrogen and oxygen atoms in total. The molecule has 1 fully saturated rings. The van der Waals surface area contributed by atoms with Gasteiger partial charge in [-0.05, 0) is 19.8 Å². The van der Waals surface area contributed by atoms with Crippen molar-refractivity contribution >= 4 is 23.6 Å². The van der Waals surface area contributed by atoms with Gasteiger partial charge in [0.05, 0.1) is 6.61 Å². The molecule has 1 aliphatic heterocycles. The zero-order valence-electron chi connectivity index (χ0n) is 16.8. The fourth-order valence-corrected chi connectivity index (χ4v) is 3.30. The van der Waals surface area contributed by atoms with Crippen LogP contribution in [0.5, 0.6) is 0 Å². The van der Waals surface area contributed by atoms with Crippen molar-refractivity contribution in [1.82, 2.24) is 29.8 Å². The first kappa shape index (κ1) is 19.8. The van der Waals surface area contributed by atoms with Crippen LogP contribution in [0.15, 0.2) is 12.4 Å². The van der Waals surface area contributed by atoms with E-state index in [2.05, 4.69) is 25.3 Å². The topological polar surface area (TPSA) is 105 Å². The first-order valence-corrected chi connectivity index (χ1v) is 9.55. The van der Waals surface area contributed by atoms with Gasteiger partial charge in [0, 0.05) is 37.9 Å². The van der Waals surface area contributed by atoms with Crippen LogP contribution < -0.4 is 10.2 Å². The number of piperazine rings is 1. The summed E-state index contributed by atoms with van der Waals surface area (Å²) in [6.45, 7) is 10.2. The normalized spacial score (nSPS) is 15.8. The van der Waals surface area contributed by atoms with E-state index in [1.807, 2.05) is 26.8 Å². The summed E-state index contributed by atoms with van der Waals surface area (Å²) in [6, 6.07) is 1.37. The third kappa shape index (κ3) is 4.15. The van der Waals surface area contributed by atoms with Crippen LogP contribution in [0.1, 0.15) is 26.5 Å². The Morgan fingerprint density at radius 1 is 1.25 bits per heavy atom. The lowest BCUT2D eigenvalue weighted by atomic mass is 10.0. The highest BCUT2D eigenvalue weighted by Gasteiger charge is 2.31. The third-order valence-electron chi connectivity index (χ3n) is 4.76. The van der Waals surface area contributed by atoms with Gasteiger partial charge in [-0.15, -0.1) is 0 Å². The van der Waals surface area contributed by atoms with Crippen molar-refractivity contribution in [3.05, 3.63) is 18.1 Å². The Balaban J connectivity index is 1.67. The van der Waals surface area contributed by atoms with Gasteiger partial charge in [0.2, 0.25) is 5.91 Å². The summed E-state index contributed by atoms with van der Waals surface area (Å²) < 4.78 is 6.64. The maximum atomic E-state index is 12.9. The Kier molecular flexibility index (Phi) is 5.96. The van der Waals surface area contributed by atoms with Crippen molar-refractivity contribution in [2.45, 2.75) is 33.7 Å². The molecule has 28 heavy (non-hydrogen) atoms. The van der Waals surface area contributed by atoms with Gasteiger partial charge in [-0.1, -0.05) is 13.8 Å². The largest absolute Gasteiger partial charge is 0.450 e. The number of anilines is 1. The summed E-state index contributed by atoms with van der Waals surface area (Å²) >= 11 is 0. The summed E-state index contributed by atoms with van der Waals surface area (Å²) in [5, 5.41) is 6.94. The number of hydrogen-bond donors (Lipinski definition) is 1. The maximum absolute atomic E-state index is 12.9. The second-order valence-corrected chi connectivity index (χ2v) is 7.13. The zero-order valence-corrected chi connectivity index (χ0v) is 16.8. The number of ether oxygens (including phenoxy) is 1.